The number of thiol groups is 1. The van der Waals surface area contributed by atoms with Crippen molar-refractivity contribution in [1.29, 1.82) is 0 Å². The van der Waals surface area contributed by atoms with Crippen molar-refractivity contribution in [2.75, 3.05) is 136 Å². The zero-order chi connectivity index (χ0) is 68.9. The Labute approximate surface area is 555 Å². The fourth-order valence-electron chi connectivity index (χ4n) is 9.53. The summed E-state index contributed by atoms with van der Waals surface area (Å²) in [7, 11) is 0. The van der Waals surface area contributed by atoms with Crippen LogP contribution in [-0.4, -0.2) is 235 Å². The Morgan fingerprint density at radius 3 is 1.83 bits per heavy atom. The van der Waals surface area contributed by atoms with Gasteiger partial charge in [-0.05, 0) is 63.2 Å². The van der Waals surface area contributed by atoms with E-state index in [1.807, 2.05) is 13.8 Å². The van der Waals surface area contributed by atoms with Gasteiger partial charge in [0.15, 0.2) is 34.7 Å². The quantitative estimate of drug-likeness (QED) is 0.0275. The van der Waals surface area contributed by atoms with Gasteiger partial charge in [0.1, 0.15) is 38.3 Å². The monoisotopic (exact) mass is 1350 g/mol. The first-order valence-electron chi connectivity index (χ1n) is 31.8. The average molecular weight is 1350 g/mol. The summed E-state index contributed by atoms with van der Waals surface area (Å²) in [6.07, 6.45) is 3.12. The Kier molecular flexibility index (Phi) is 44.4. The maximum atomic E-state index is 13.8. The van der Waals surface area contributed by atoms with Gasteiger partial charge >= 0.3 is 0 Å². The van der Waals surface area contributed by atoms with Crippen LogP contribution in [0.25, 0.3) is 0 Å². The number of likely N-dealkylation sites (tertiary alicyclic amines) is 1. The summed E-state index contributed by atoms with van der Waals surface area (Å²) in [6, 6.07) is 4.07. The Morgan fingerprint density at radius 1 is 0.624 bits per heavy atom. The molecule has 8 N–H and O–H groups in total. The summed E-state index contributed by atoms with van der Waals surface area (Å²) < 4.78 is 37.8. The van der Waals surface area contributed by atoms with Crippen LogP contribution in [0, 0.1) is 23.7 Å². The third kappa shape index (κ3) is 37.7. The number of hydrogen-bond donors (Lipinski definition) is 7. The van der Waals surface area contributed by atoms with Crippen molar-refractivity contribution in [3.63, 3.8) is 0 Å². The van der Waals surface area contributed by atoms with Gasteiger partial charge in [-0.3, -0.25) is 62.3 Å². The van der Waals surface area contributed by atoms with Crippen LogP contribution in [0.2, 0.25) is 0 Å². The van der Waals surface area contributed by atoms with E-state index in [1.54, 1.807) is 30.5 Å². The fraction of sp³-hybridized carbons (Fsp3) is 0.703. The highest BCUT2D eigenvalue weighted by Crippen LogP contribution is 2.21. The van der Waals surface area contributed by atoms with Gasteiger partial charge < -0.3 is 70.8 Å². The van der Waals surface area contributed by atoms with E-state index in [2.05, 4.69) is 33.9 Å². The maximum Gasteiger partial charge on any atom is 0.249 e. The van der Waals surface area contributed by atoms with Crippen LogP contribution >= 0.6 is 24.4 Å². The summed E-state index contributed by atoms with van der Waals surface area (Å²) in [5, 5.41) is 10.7. The number of carbonyl (C=O) groups is 13. The molecule has 1 aliphatic rings. The van der Waals surface area contributed by atoms with Crippen LogP contribution in [-0.2, 0) is 97.1 Å². The number of nitrogens with zero attached hydrogens (tertiary/aromatic N) is 1. The third-order valence-corrected chi connectivity index (χ3v) is 15.7. The molecule has 1 aliphatic heterocycles. The van der Waals surface area contributed by atoms with Crippen molar-refractivity contribution < 1.29 is 95.5 Å². The maximum absolute atomic E-state index is 13.8. The molecular weight excluding hydrogens is 1250 g/mol. The summed E-state index contributed by atoms with van der Waals surface area (Å²) in [4.78, 5) is 168. The molecular formula is C64H101N7O20S2. The van der Waals surface area contributed by atoms with Crippen molar-refractivity contribution in [2.24, 2.45) is 35.1 Å². The second kappa shape index (κ2) is 49.6. The normalized spacial score (nSPS) is 14.5. The van der Waals surface area contributed by atoms with E-state index in [1.165, 1.54) is 30.5 Å². The highest BCUT2D eigenvalue weighted by atomic mass is 32.2. The molecule has 93 heavy (non-hydrogen) atoms. The number of primary amides is 1. The van der Waals surface area contributed by atoms with E-state index in [0.29, 0.717) is 38.0 Å². The summed E-state index contributed by atoms with van der Waals surface area (Å²) >= 11 is 5.31. The number of benzene rings is 1. The van der Waals surface area contributed by atoms with Crippen LogP contribution < -0.4 is 32.7 Å². The molecule has 1 aromatic rings. The van der Waals surface area contributed by atoms with Crippen molar-refractivity contribution in [3.05, 3.63) is 35.4 Å². The molecule has 27 nitrogen and oxygen atoms in total. The highest BCUT2D eigenvalue weighted by Gasteiger charge is 2.36. The molecule has 1 heterocycles. The number of rotatable bonds is 57. The molecule has 1 aromatic carbocycles. The Hall–Kier alpha value is -5.89. The third-order valence-electron chi connectivity index (χ3n) is 14.6. The zero-order valence-electron chi connectivity index (χ0n) is 54.8. The Balaban J connectivity index is 1.72. The van der Waals surface area contributed by atoms with E-state index in [4.69, 9.17) is 44.6 Å². The molecule has 0 unspecified atom stereocenters. The van der Waals surface area contributed by atoms with Gasteiger partial charge in [-0.25, -0.2) is 0 Å². The molecule has 0 bridgehead atoms. The van der Waals surface area contributed by atoms with Gasteiger partial charge in [-0.2, -0.15) is 24.4 Å². The number of nitrogens with one attached hydrogen (secondary N) is 4. The van der Waals surface area contributed by atoms with E-state index >= 15 is 0 Å². The smallest absolute Gasteiger partial charge is 0.249 e. The standard InChI is InChI=1S/C64H101N7O20S2/c1-43(2)31-53(70-64(84)55-10-6-20-71(55)61(81)40-88-22-8-11-56(76)48(33-46-12-14-47(15-13-46)45(4)72)34-51(74)37-89-28-26-86-23-18-65)57(77)16-17-59(79)69-54(42-93-5)58(78)32-44(3)63(83)68-36-50(73)9-7-21-85-25-30-91-39-60(80)67-19-24-87-27-29-90-38-52(75)35-49(41-92)62(66)82/h12-15,43-44,48-49,53-55,92H,6-11,16-42,65H2,1-5H3,(H2,66,82)(H,67,80)(H,68,83)(H,69,79)(H,70,84)/t44-,48-,49-,53+,54+,55+/m1/s1. The fourth-order valence-corrected chi connectivity index (χ4v) is 10.4. The average Bonchev–Trinajstić information content (AvgIpc) is 1.93. The van der Waals surface area contributed by atoms with E-state index in [0.717, 1.165) is 5.56 Å². The first kappa shape index (κ1) is 83.2. The van der Waals surface area contributed by atoms with Gasteiger partial charge in [-0.15, -0.1) is 0 Å². The number of hydrogen-bond acceptors (Lipinski definition) is 23. The van der Waals surface area contributed by atoms with E-state index in [-0.39, 0.29) is 222 Å². The Bertz CT molecular complexity index is 2530. The lowest BCUT2D eigenvalue weighted by molar-refractivity contribution is -0.142. The van der Waals surface area contributed by atoms with Crippen LogP contribution in [0.15, 0.2) is 24.3 Å². The van der Waals surface area contributed by atoms with Crippen LogP contribution in [0.4, 0.5) is 0 Å². The number of Topliss-reactive ketones (excluding diaryl/α,β-unsaturated/α-hetero) is 7. The zero-order valence-corrected chi connectivity index (χ0v) is 56.5. The lowest BCUT2D eigenvalue weighted by Crippen LogP contribution is -2.52. The van der Waals surface area contributed by atoms with Gasteiger partial charge in [0, 0.05) is 107 Å². The molecule has 2 rings (SSSR count). The minimum absolute atomic E-state index is 0.0347. The van der Waals surface area contributed by atoms with Gasteiger partial charge in [-0.1, -0.05) is 45.0 Å². The Morgan fingerprint density at radius 2 is 1.22 bits per heavy atom. The lowest BCUT2D eigenvalue weighted by atomic mass is 9.88. The number of carbonyl (C=O) groups excluding carboxylic acids is 13. The first-order valence-corrected chi connectivity index (χ1v) is 33.8. The number of amides is 6. The number of thioether (sulfide) groups is 1. The summed E-state index contributed by atoms with van der Waals surface area (Å²) in [5.74, 6) is -6.67. The molecule has 6 amide bonds. The highest BCUT2D eigenvalue weighted by molar-refractivity contribution is 7.98. The second-order valence-electron chi connectivity index (χ2n) is 23.1. The van der Waals surface area contributed by atoms with E-state index in [9.17, 15) is 62.3 Å². The summed E-state index contributed by atoms with van der Waals surface area (Å²) in [6.45, 7) is 8.41. The number of ether oxygens (including phenoxy) is 7. The van der Waals surface area contributed by atoms with Gasteiger partial charge in [0.25, 0.3) is 0 Å². The van der Waals surface area contributed by atoms with E-state index < -0.39 is 77.0 Å². The van der Waals surface area contributed by atoms with Crippen molar-refractivity contribution in [3.8, 4) is 0 Å². The first-order chi connectivity index (χ1) is 44.5. The molecule has 0 radical (unpaired) electrons. The second-order valence-corrected chi connectivity index (χ2v) is 24.4. The van der Waals surface area contributed by atoms with Crippen molar-refractivity contribution in [2.45, 2.75) is 129 Å². The van der Waals surface area contributed by atoms with Crippen LogP contribution in [0.3, 0.4) is 0 Å². The SMILES string of the molecule is CSC[C@H](NC(=O)CCC(=O)[C@H](CC(C)C)NC(=O)[C@@H]1CCCN1C(=O)COCCCC(=O)[C@@H](CC(=O)COCCOCCN)Cc1ccc(C(C)=O)cc1)C(=O)C[C@@H](C)C(=O)NCC(=O)CCCOCCOCC(=O)NCCOCCOCC(=O)C[C@H](CS)C(N)=O. The molecule has 0 aromatic heterocycles. The molecule has 0 saturated carbocycles. The van der Waals surface area contributed by atoms with Gasteiger partial charge in [0.05, 0.1) is 77.4 Å². The van der Waals surface area contributed by atoms with Crippen LogP contribution in [0.1, 0.15) is 121 Å². The molecule has 1 fully saturated rings. The predicted molar refractivity (Wildman–Crippen MR) is 348 cm³/mol. The molecule has 524 valence electrons. The van der Waals surface area contributed by atoms with Crippen LogP contribution in [0.5, 0.6) is 0 Å². The minimum atomic E-state index is -0.968. The summed E-state index contributed by atoms with van der Waals surface area (Å²) in [5.41, 5.74) is 11.9. The predicted octanol–water partition coefficient (Wildman–Crippen LogP) is 1.32. The lowest BCUT2D eigenvalue weighted by Gasteiger charge is -2.27. The molecule has 1 saturated heterocycles. The van der Waals surface area contributed by atoms with Crippen molar-refractivity contribution >= 4 is 100 Å². The minimum Gasteiger partial charge on any atom is -0.379 e. The topological polar surface area (TPSA) is 390 Å². The van der Waals surface area contributed by atoms with Crippen molar-refractivity contribution in [1.82, 2.24) is 26.2 Å². The molecule has 6 atom stereocenters. The van der Waals surface area contributed by atoms with Gasteiger partial charge in [0.2, 0.25) is 35.4 Å². The molecule has 0 aliphatic carbocycles. The molecule has 29 heteroatoms. The molecule has 0 spiro atoms. The number of ketones is 7. The largest absolute Gasteiger partial charge is 0.379 e. The number of nitrogens with two attached hydrogens (primary N) is 2.